The van der Waals surface area contributed by atoms with E-state index < -0.39 is 0 Å². The topological polar surface area (TPSA) is 92.0 Å². The van der Waals surface area contributed by atoms with Gasteiger partial charge in [-0.05, 0) is 51.9 Å². The maximum Gasteiger partial charge on any atom is 0.314 e. The first kappa shape index (κ1) is 21.8. The molecular formula is C20H39N5O2. The van der Waals surface area contributed by atoms with Crippen molar-refractivity contribution in [1.29, 1.82) is 0 Å². The van der Waals surface area contributed by atoms with Gasteiger partial charge in [-0.1, -0.05) is 19.3 Å². The summed E-state index contributed by atoms with van der Waals surface area (Å²) in [6, 6.07) is 0.0313. The first-order valence-corrected chi connectivity index (χ1v) is 10.9. The van der Waals surface area contributed by atoms with Crippen molar-refractivity contribution in [2.75, 3.05) is 32.8 Å². The number of guanidine groups is 1. The number of aliphatic imine (C=N–C) groups is 1. The van der Waals surface area contributed by atoms with Gasteiger partial charge in [-0.2, -0.15) is 0 Å². The Balaban J connectivity index is 1.57. The lowest BCUT2D eigenvalue weighted by Gasteiger charge is -2.32. The fourth-order valence-corrected chi connectivity index (χ4v) is 3.82. The molecule has 2 aliphatic rings. The number of amides is 2. The molecule has 1 heterocycles. The Bertz CT molecular complexity index is 444. The summed E-state index contributed by atoms with van der Waals surface area (Å²) < 4.78 is 5.98. The predicted octanol–water partition coefficient (Wildman–Crippen LogP) is 2.60. The molecule has 1 aliphatic carbocycles. The van der Waals surface area contributed by atoms with Crippen LogP contribution in [-0.4, -0.2) is 61.8 Å². The molecular weight excluding hydrogens is 342 g/mol. The number of hydrogen-bond donors (Lipinski definition) is 3. The third kappa shape index (κ3) is 8.82. The van der Waals surface area contributed by atoms with E-state index in [9.17, 15) is 4.79 Å². The highest BCUT2D eigenvalue weighted by atomic mass is 16.5. The van der Waals surface area contributed by atoms with Crippen molar-refractivity contribution in [2.45, 2.75) is 83.3 Å². The van der Waals surface area contributed by atoms with Crippen LogP contribution in [0.4, 0.5) is 4.79 Å². The summed E-state index contributed by atoms with van der Waals surface area (Å²) in [7, 11) is 0. The number of likely N-dealkylation sites (tertiary alicyclic amines) is 1. The standard InChI is InChI=1S/C20H39N5O2/c1-2-22-20(24-17-11-14-25(15-12-17)19(21)26)23-13-7-4-8-16-27-18-9-5-3-6-10-18/h17-18H,2-16H2,1H3,(H2,21,26)(H2,22,23,24). The van der Waals surface area contributed by atoms with Crippen molar-refractivity contribution < 1.29 is 9.53 Å². The number of nitrogens with one attached hydrogen (secondary N) is 2. The molecule has 0 spiro atoms. The summed E-state index contributed by atoms with van der Waals surface area (Å²) in [4.78, 5) is 17.6. The first-order valence-electron chi connectivity index (χ1n) is 10.9. The molecule has 1 saturated heterocycles. The smallest absolute Gasteiger partial charge is 0.314 e. The van der Waals surface area contributed by atoms with Gasteiger partial charge >= 0.3 is 6.03 Å². The van der Waals surface area contributed by atoms with E-state index >= 15 is 0 Å². The van der Waals surface area contributed by atoms with Gasteiger partial charge in [0.2, 0.25) is 0 Å². The van der Waals surface area contributed by atoms with Crippen LogP contribution >= 0.6 is 0 Å². The number of ether oxygens (including phenoxy) is 1. The van der Waals surface area contributed by atoms with Gasteiger partial charge < -0.3 is 26.0 Å². The molecule has 0 radical (unpaired) electrons. The van der Waals surface area contributed by atoms with Crippen molar-refractivity contribution in [3.8, 4) is 0 Å². The molecule has 0 unspecified atom stereocenters. The van der Waals surface area contributed by atoms with Crippen LogP contribution in [0.2, 0.25) is 0 Å². The van der Waals surface area contributed by atoms with Crippen LogP contribution in [-0.2, 0) is 4.74 Å². The lowest BCUT2D eigenvalue weighted by molar-refractivity contribution is 0.0264. The molecule has 4 N–H and O–H groups in total. The summed E-state index contributed by atoms with van der Waals surface area (Å²) in [6.45, 7) is 6.08. The SMILES string of the molecule is CCNC(=NCCCCCOC1CCCCC1)NC1CCN(C(N)=O)CC1. The molecule has 7 nitrogen and oxygen atoms in total. The van der Waals surface area contributed by atoms with E-state index in [0.29, 0.717) is 25.2 Å². The largest absolute Gasteiger partial charge is 0.378 e. The molecule has 7 heteroatoms. The summed E-state index contributed by atoms with van der Waals surface area (Å²) >= 11 is 0. The Morgan fingerprint density at radius 1 is 1.11 bits per heavy atom. The molecule has 0 aromatic carbocycles. The van der Waals surface area contributed by atoms with Gasteiger partial charge in [0, 0.05) is 38.8 Å². The van der Waals surface area contributed by atoms with Gasteiger partial charge in [-0.25, -0.2) is 4.79 Å². The average molecular weight is 382 g/mol. The third-order valence-electron chi connectivity index (χ3n) is 5.47. The predicted molar refractivity (Wildman–Crippen MR) is 110 cm³/mol. The maximum absolute atomic E-state index is 11.2. The number of unbranched alkanes of at least 4 members (excludes halogenated alkanes) is 2. The van der Waals surface area contributed by atoms with Crippen LogP contribution in [0.25, 0.3) is 0 Å². The van der Waals surface area contributed by atoms with Crippen molar-refractivity contribution in [1.82, 2.24) is 15.5 Å². The van der Waals surface area contributed by atoms with Crippen LogP contribution in [0.5, 0.6) is 0 Å². The maximum atomic E-state index is 11.2. The van der Waals surface area contributed by atoms with Crippen molar-refractivity contribution in [2.24, 2.45) is 10.7 Å². The van der Waals surface area contributed by atoms with Gasteiger partial charge in [0.1, 0.15) is 0 Å². The second-order valence-electron chi connectivity index (χ2n) is 7.70. The third-order valence-corrected chi connectivity index (χ3v) is 5.47. The van der Waals surface area contributed by atoms with E-state index in [2.05, 4.69) is 17.6 Å². The Hall–Kier alpha value is -1.50. The van der Waals surface area contributed by atoms with Gasteiger partial charge in [0.05, 0.1) is 6.10 Å². The van der Waals surface area contributed by atoms with Crippen molar-refractivity contribution in [3.63, 3.8) is 0 Å². The summed E-state index contributed by atoms with van der Waals surface area (Å²) in [5.41, 5.74) is 5.34. The number of hydrogen-bond acceptors (Lipinski definition) is 3. The van der Waals surface area contributed by atoms with E-state index in [0.717, 1.165) is 57.8 Å². The molecule has 0 bridgehead atoms. The number of urea groups is 1. The monoisotopic (exact) mass is 381 g/mol. The lowest BCUT2D eigenvalue weighted by atomic mass is 9.98. The quantitative estimate of drug-likeness (QED) is 0.325. The Labute approximate surface area is 164 Å². The minimum absolute atomic E-state index is 0.318. The molecule has 0 aromatic heterocycles. The molecule has 2 fully saturated rings. The van der Waals surface area contributed by atoms with Crippen LogP contribution in [0.1, 0.15) is 71.1 Å². The van der Waals surface area contributed by atoms with E-state index in [1.54, 1.807) is 4.90 Å². The van der Waals surface area contributed by atoms with E-state index in [1.807, 2.05) is 0 Å². The van der Waals surface area contributed by atoms with Crippen LogP contribution in [0, 0.1) is 0 Å². The number of piperidine rings is 1. The Morgan fingerprint density at radius 2 is 1.85 bits per heavy atom. The Morgan fingerprint density at radius 3 is 2.52 bits per heavy atom. The summed E-state index contributed by atoms with van der Waals surface area (Å²) in [6.07, 6.45) is 12.3. The molecule has 0 aromatic rings. The van der Waals surface area contributed by atoms with E-state index in [1.165, 1.54) is 32.1 Å². The number of carbonyl (C=O) groups excluding carboxylic acids is 1. The van der Waals surface area contributed by atoms with Crippen LogP contribution in [0.15, 0.2) is 4.99 Å². The summed E-state index contributed by atoms with van der Waals surface area (Å²) in [5.74, 6) is 0.883. The highest BCUT2D eigenvalue weighted by Crippen LogP contribution is 2.20. The molecule has 2 amide bonds. The lowest BCUT2D eigenvalue weighted by Crippen LogP contribution is -2.50. The fourth-order valence-electron chi connectivity index (χ4n) is 3.82. The van der Waals surface area contributed by atoms with Gasteiger partial charge in [-0.15, -0.1) is 0 Å². The van der Waals surface area contributed by atoms with Crippen LogP contribution < -0.4 is 16.4 Å². The molecule has 156 valence electrons. The van der Waals surface area contributed by atoms with Gasteiger partial charge in [0.15, 0.2) is 5.96 Å². The zero-order valence-corrected chi connectivity index (χ0v) is 17.0. The molecule has 27 heavy (non-hydrogen) atoms. The minimum atomic E-state index is -0.318. The van der Waals surface area contributed by atoms with E-state index in [4.69, 9.17) is 15.5 Å². The molecule has 0 atom stereocenters. The highest BCUT2D eigenvalue weighted by molar-refractivity contribution is 5.80. The van der Waals surface area contributed by atoms with Crippen molar-refractivity contribution >= 4 is 12.0 Å². The van der Waals surface area contributed by atoms with E-state index in [-0.39, 0.29) is 6.03 Å². The number of carbonyl (C=O) groups is 1. The second kappa shape index (κ2) is 12.8. The second-order valence-corrected chi connectivity index (χ2v) is 7.70. The Kier molecular flexibility index (Phi) is 10.3. The normalized spacial score (nSPS) is 19.9. The fraction of sp³-hybridized carbons (Fsp3) is 0.900. The zero-order chi connectivity index (χ0) is 19.3. The van der Waals surface area contributed by atoms with Gasteiger partial charge in [-0.3, -0.25) is 4.99 Å². The number of primary amides is 1. The van der Waals surface area contributed by atoms with Crippen LogP contribution in [0.3, 0.4) is 0 Å². The first-order chi connectivity index (χ1) is 13.2. The zero-order valence-electron chi connectivity index (χ0n) is 17.0. The summed E-state index contributed by atoms with van der Waals surface area (Å²) in [5, 5.41) is 6.81. The highest BCUT2D eigenvalue weighted by Gasteiger charge is 2.21. The molecule has 1 aliphatic heterocycles. The number of rotatable bonds is 9. The molecule has 1 saturated carbocycles. The minimum Gasteiger partial charge on any atom is -0.378 e. The van der Waals surface area contributed by atoms with Crippen molar-refractivity contribution in [3.05, 3.63) is 0 Å². The molecule has 2 rings (SSSR count). The number of nitrogens with zero attached hydrogens (tertiary/aromatic N) is 2. The average Bonchev–Trinajstić information content (AvgIpc) is 2.68. The number of nitrogens with two attached hydrogens (primary N) is 1. The van der Waals surface area contributed by atoms with Gasteiger partial charge in [0.25, 0.3) is 0 Å².